The number of carbonyl (C=O) groups excluding carboxylic acids is 1. The molecule has 0 aliphatic carbocycles. The molecule has 15 heavy (non-hydrogen) atoms. The summed E-state index contributed by atoms with van der Waals surface area (Å²) in [6.45, 7) is 3.53. The van der Waals surface area contributed by atoms with Gasteiger partial charge in [0.05, 0.1) is 4.99 Å². The van der Waals surface area contributed by atoms with Crippen LogP contribution in [0, 0.1) is 5.92 Å². The number of hydrogen-bond donors (Lipinski definition) is 1. The van der Waals surface area contributed by atoms with Gasteiger partial charge in [0.1, 0.15) is 0 Å². The Bertz CT molecular complexity index is 231. The zero-order chi connectivity index (χ0) is 12.0. The molecule has 5 heteroatoms. The molecule has 1 atom stereocenters. The molecule has 4 nitrogen and oxygen atoms in total. The van der Waals surface area contributed by atoms with E-state index >= 15 is 0 Å². The summed E-state index contributed by atoms with van der Waals surface area (Å²) in [5, 5.41) is 0. The highest BCUT2D eigenvalue weighted by Crippen LogP contribution is 2.00. The topological polar surface area (TPSA) is 49.6 Å². The molecule has 0 radical (unpaired) electrons. The van der Waals surface area contributed by atoms with Crippen molar-refractivity contribution in [1.29, 1.82) is 0 Å². The Kier molecular flexibility index (Phi) is 6.43. The van der Waals surface area contributed by atoms with Crippen molar-refractivity contribution in [3.8, 4) is 0 Å². The second kappa shape index (κ2) is 6.74. The lowest BCUT2D eigenvalue weighted by Gasteiger charge is -2.21. The normalized spacial score (nSPS) is 12.6. The van der Waals surface area contributed by atoms with Crippen molar-refractivity contribution < 1.29 is 4.79 Å². The third-order valence-corrected chi connectivity index (χ3v) is 2.68. The summed E-state index contributed by atoms with van der Waals surface area (Å²) in [5.41, 5.74) is 5.52. The predicted molar refractivity (Wildman–Crippen MR) is 66.8 cm³/mol. The maximum atomic E-state index is 11.3. The maximum Gasteiger partial charge on any atom is 0.223 e. The molecule has 0 aromatic rings. The number of hydrogen-bond acceptors (Lipinski definition) is 3. The van der Waals surface area contributed by atoms with Crippen LogP contribution in [0.5, 0.6) is 0 Å². The van der Waals surface area contributed by atoms with Crippen molar-refractivity contribution in [2.45, 2.75) is 13.3 Å². The van der Waals surface area contributed by atoms with Crippen LogP contribution in [-0.2, 0) is 4.79 Å². The summed E-state index contributed by atoms with van der Waals surface area (Å²) < 4.78 is 0. The number of nitrogens with zero attached hydrogens (tertiary/aromatic N) is 2. The zero-order valence-corrected chi connectivity index (χ0v) is 10.8. The number of thiocarbonyl (C=S) groups is 1. The van der Waals surface area contributed by atoms with Gasteiger partial charge in [0.25, 0.3) is 0 Å². The van der Waals surface area contributed by atoms with Gasteiger partial charge in [0.2, 0.25) is 5.91 Å². The van der Waals surface area contributed by atoms with Crippen LogP contribution >= 0.6 is 12.2 Å². The number of nitrogens with two attached hydrogens (primary N) is 1. The van der Waals surface area contributed by atoms with E-state index in [1.54, 1.807) is 19.0 Å². The fourth-order valence-corrected chi connectivity index (χ4v) is 1.23. The van der Waals surface area contributed by atoms with Gasteiger partial charge in [0.15, 0.2) is 0 Å². The van der Waals surface area contributed by atoms with E-state index in [9.17, 15) is 4.79 Å². The lowest BCUT2D eigenvalue weighted by atomic mass is 10.1. The molecule has 1 unspecified atom stereocenters. The van der Waals surface area contributed by atoms with Crippen molar-refractivity contribution in [1.82, 2.24) is 9.80 Å². The van der Waals surface area contributed by atoms with Gasteiger partial charge >= 0.3 is 0 Å². The fourth-order valence-electron chi connectivity index (χ4n) is 1.16. The molecule has 0 aromatic carbocycles. The third kappa shape index (κ3) is 6.41. The minimum atomic E-state index is 0.143. The molecular formula is C10H21N3OS. The summed E-state index contributed by atoms with van der Waals surface area (Å²) in [4.78, 5) is 15.5. The molecule has 0 saturated carbocycles. The molecule has 1 amide bonds. The van der Waals surface area contributed by atoms with E-state index < -0.39 is 0 Å². The fraction of sp³-hybridized carbons (Fsp3) is 0.800. The Balaban J connectivity index is 3.80. The molecule has 0 fully saturated rings. The van der Waals surface area contributed by atoms with Crippen LogP contribution in [0.25, 0.3) is 0 Å². The Hall–Kier alpha value is -0.680. The first-order chi connectivity index (χ1) is 6.84. The van der Waals surface area contributed by atoms with Crippen molar-refractivity contribution in [2.75, 3.05) is 34.2 Å². The van der Waals surface area contributed by atoms with Crippen molar-refractivity contribution in [2.24, 2.45) is 11.7 Å². The summed E-state index contributed by atoms with van der Waals surface area (Å²) in [6.07, 6.45) is 0.535. The predicted octanol–water partition coefficient (Wildman–Crippen LogP) is 0.319. The van der Waals surface area contributed by atoms with Crippen LogP contribution in [0.4, 0.5) is 0 Å². The summed E-state index contributed by atoms with van der Waals surface area (Å²) >= 11 is 4.89. The monoisotopic (exact) mass is 231 g/mol. The molecule has 0 aliphatic heterocycles. The van der Waals surface area contributed by atoms with E-state index in [1.165, 1.54) is 0 Å². The number of rotatable bonds is 6. The first-order valence-electron chi connectivity index (χ1n) is 5.02. The smallest absolute Gasteiger partial charge is 0.223 e. The van der Waals surface area contributed by atoms with Gasteiger partial charge in [-0.05, 0) is 7.05 Å². The molecular weight excluding hydrogens is 210 g/mol. The zero-order valence-electron chi connectivity index (χ0n) is 9.99. The van der Waals surface area contributed by atoms with Crippen molar-refractivity contribution >= 4 is 23.1 Å². The molecule has 0 bridgehead atoms. The highest BCUT2D eigenvalue weighted by Gasteiger charge is 2.10. The Labute approximate surface area is 97.4 Å². The average Bonchev–Trinajstić information content (AvgIpc) is 2.13. The number of carbonyl (C=O) groups is 1. The highest BCUT2D eigenvalue weighted by atomic mass is 32.1. The van der Waals surface area contributed by atoms with Crippen LogP contribution in [0.2, 0.25) is 0 Å². The average molecular weight is 231 g/mol. The first-order valence-corrected chi connectivity index (χ1v) is 5.43. The lowest BCUT2D eigenvalue weighted by molar-refractivity contribution is -0.128. The van der Waals surface area contributed by atoms with Crippen molar-refractivity contribution in [3.63, 3.8) is 0 Å². The SMILES string of the molecule is CC(CN(C)CCC(=O)N(C)C)C(N)=S. The Morgan fingerprint density at radius 3 is 2.33 bits per heavy atom. The van der Waals surface area contributed by atoms with Gasteiger partial charge in [-0.2, -0.15) is 0 Å². The highest BCUT2D eigenvalue weighted by molar-refractivity contribution is 7.80. The van der Waals surface area contributed by atoms with Crippen LogP contribution in [0.1, 0.15) is 13.3 Å². The second-order valence-corrected chi connectivity index (χ2v) is 4.58. The summed E-state index contributed by atoms with van der Waals surface area (Å²) in [6, 6.07) is 0. The van der Waals surface area contributed by atoms with Gasteiger partial charge < -0.3 is 15.5 Å². The summed E-state index contributed by atoms with van der Waals surface area (Å²) in [5.74, 6) is 0.337. The third-order valence-electron chi connectivity index (χ3n) is 2.28. The van der Waals surface area contributed by atoms with Gasteiger partial charge in [-0.3, -0.25) is 4.79 Å². The van der Waals surface area contributed by atoms with E-state index in [-0.39, 0.29) is 11.8 Å². The molecule has 0 spiro atoms. The molecule has 0 saturated heterocycles. The Morgan fingerprint density at radius 2 is 1.93 bits per heavy atom. The summed E-state index contributed by atoms with van der Waals surface area (Å²) in [7, 11) is 5.50. The van der Waals surface area contributed by atoms with Crippen molar-refractivity contribution in [3.05, 3.63) is 0 Å². The van der Waals surface area contributed by atoms with E-state index in [1.807, 2.05) is 14.0 Å². The maximum absolute atomic E-state index is 11.3. The number of amides is 1. The standard InChI is InChI=1S/C10H21N3OS/c1-8(10(11)15)7-13(4)6-5-9(14)12(2)3/h8H,5-7H2,1-4H3,(H2,11,15). The molecule has 88 valence electrons. The second-order valence-electron chi connectivity index (χ2n) is 4.10. The van der Waals surface area contributed by atoms with Gasteiger partial charge in [0, 0.05) is 39.5 Å². The minimum absolute atomic E-state index is 0.143. The molecule has 0 rings (SSSR count). The van der Waals surface area contributed by atoms with Gasteiger partial charge in [-0.25, -0.2) is 0 Å². The van der Waals surface area contributed by atoms with E-state index in [0.29, 0.717) is 11.4 Å². The van der Waals surface area contributed by atoms with Crippen LogP contribution in [0.3, 0.4) is 0 Å². The van der Waals surface area contributed by atoms with E-state index in [4.69, 9.17) is 18.0 Å². The molecule has 2 N–H and O–H groups in total. The molecule has 0 aromatic heterocycles. The van der Waals surface area contributed by atoms with Crippen LogP contribution in [0.15, 0.2) is 0 Å². The molecule has 0 aliphatic rings. The Morgan fingerprint density at radius 1 is 1.40 bits per heavy atom. The van der Waals surface area contributed by atoms with E-state index in [0.717, 1.165) is 13.1 Å². The largest absolute Gasteiger partial charge is 0.393 e. The van der Waals surface area contributed by atoms with Gasteiger partial charge in [-0.15, -0.1) is 0 Å². The van der Waals surface area contributed by atoms with Crippen LogP contribution in [-0.4, -0.2) is 54.9 Å². The lowest BCUT2D eigenvalue weighted by Crippen LogP contribution is -2.34. The minimum Gasteiger partial charge on any atom is -0.393 e. The van der Waals surface area contributed by atoms with Crippen LogP contribution < -0.4 is 5.73 Å². The van der Waals surface area contributed by atoms with Gasteiger partial charge in [-0.1, -0.05) is 19.1 Å². The van der Waals surface area contributed by atoms with E-state index in [2.05, 4.69) is 4.90 Å². The first kappa shape index (κ1) is 14.3. The quantitative estimate of drug-likeness (QED) is 0.669. The molecule has 0 heterocycles.